The third-order valence-electron chi connectivity index (χ3n) is 6.48. The third kappa shape index (κ3) is 5.27. The summed E-state index contributed by atoms with van der Waals surface area (Å²) in [4.78, 5) is 37.3. The Balaban J connectivity index is 1.44. The molecule has 2 aliphatic heterocycles. The summed E-state index contributed by atoms with van der Waals surface area (Å²) in [5.74, 6) is -0.0853. The zero-order valence-electron chi connectivity index (χ0n) is 19.4. The van der Waals surface area contributed by atoms with Gasteiger partial charge in [0, 0.05) is 31.7 Å². The Kier molecular flexibility index (Phi) is 7.02. The van der Waals surface area contributed by atoms with Gasteiger partial charge in [-0.3, -0.25) is 20.6 Å². The molecular weight excluding hydrogens is 452 g/mol. The molecule has 0 bridgehead atoms. The summed E-state index contributed by atoms with van der Waals surface area (Å²) in [5, 5.41) is 14.3. The molecule has 2 aliphatic rings. The first-order valence-corrected chi connectivity index (χ1v) is 11.4. The number of rotatable bonds is 7. The highest BCUT2D eigenvalue weighted by Gasteiger charge is 2.41. The number of nitrogens with two attached hydrogens (primary N) is 1. The average Bonchev–Trinajstić information content (AvgIpc) is 3.19. The molecular formula is C25H28N4O6. The molecule has 1 atom stereocenters. The fourth-order valence-corrected chi connectivity index (χ4v) is 4.58. The molecule has 35 heavy (non-hydrogen) atoms. The van der Waals surface area contributed by atoms with Crippen molar-refractivity contribution in [3.05, 3.63) is 69.8 Å². The van der Waals surface area contributed by atoms with Crippen LogP contribution in [0.15, 0.2) is 48.5 Å². The van der Waals surface area contributed by atoms with E-state index in [-0.39, 0.29) is 18.7 Å². The summed E-state index contributed by atoms with van der Waals surface area (Å²) in [6.07, 6.45) is 4.52. The molecule has 2 heterocycles. The van der Waals surface area contributed by atoms with Gasteiger partial charge in [-0.2, -0.15) is 0 Å². The molecule has 2 saturated heterocycles. The lowest BCUT2D eigenvalue weighted by Crippen LogP contribution is -2.58. The number of benzene rings is 2. The van der Waals surface area contributed by atoms with Crippen molar-refractivity contribution in [3.8, 4) is 5.75 Å². The van der Waals surface area contributed by atoms with Crippen LogP contribution < -0.4 is 20.7 Å². The van der Waals surface area contributed by atoms with Crippen molar-refractivity contribution in [3.63, 3.8) is 0 Å². The number of ether oxygens (including phenoxy) is 2. The van der Waals surface area contributed by atoms with E-state index in [1.165, 1.54) is 18.2 Å². The van der Waals surface area contributed by atoms with Crippen molar-refractivity contribution in [1.29, 1.82) is 0 Å². The molecule has 184 valence electrons. The quantitative estimate of drug-likeness (QED) is 0.203. The van der Waals surface area contributed by atoms with Crippen molar-refractivity contribution >= 4 is 29.3 Å². The van der Waals surface area contributed by atoms with Gasteiger partial charge in [0.2, 0.25) is 5.91 Å². The number of carbonyl (C=O) groups excluding carboxylic acids is 2. The van der Waals surface area contributed by atoms with Gasteiger partial charge in [0.1, 0.15) is 11.4 Å². The number of amides is 1. The number of nitrogens with zero attached hydrogens (tertiary/aromatic N) is 2. The summed E-state index contributed by atoms with van der Waals surface area (Å²) in [6, 6.07) is 12.8. The number of piperidine rings is 1. The summed E-state index contributed by atoms with van der Waals surface area (Å²) in [6.45, 7) is 1.49. The van der Waals surface area contributed by atoms with Crippen LogP contribution in [-0.4, -0.2) is 49.3 Å². The smallest absolute Gasteiger partial charge is 0.347 e. The molecule has 2 aromatic rings. The van der Waals surface area contributed by atoms with Gasteiger partial charge in [-0.05, 0) is 48.1 Å². The zero-order chi connectivity index (χ0) is 25.0. The first-order chi connectivity index (χ1) is 16.8. The number of carbonyl (C=O) groups is 2. The predicted octanol–water partition coefficient (Wildman–Crippen LogP) is 2.72. The van der Waals surface area contributed by atoms with Crippen LogP contribution in [0, 0.1) is 10.1 Å². The molecule has 3 N–H and O–H groups in total. The Hall–Kier alpha value is -3.92. The predicted molar refractivity (Wildman–Crippen MR) is 130 cm³/mol. The summed E-state index contributed by atoms with van der Waals surface area (Å²) in [5.41, 5.74) is 6.47. The molecule has 2 fully saturated rings. The number of nitrogens with one attached hydrogen (secondary N) is 1. The number of nitro groups is 1. The first-order valence-electron chi connectivity index (χ1n) is 11.4. The Bertz CT molecular complexity index is 1160. The van der Waals surface area contributed by atoms with Gasteiger partial charge in [0.25, 0.3) is 5.69 Å². The lowest BCUT2D eigenvalue weighted by molar-refractivity contribution is -0.384. The maximum absolute atomic E-state index is 12.2. The fourth-order valence-electron chi connectivity index (χ4n) is 4.58. The van der Waals surface area contributed by atoms with Gasteiger partial charge in [-0.25, -0.2) is 4.79 Å². The molecule has 0 aliphatic carbocycles. The van der Waals surface area contributed by atoms with Crippen molar-refractivity contribution in [2.45, 2.75) is 30.8 Å². The van der Waals surface area contributed by atoms with Crippen LogP contribution in [0.25, 0.3) is 6.08 Å². The number of methoxy groups -OCH3 is 1. The second-order valence-electron chi connectivity index (χ2n) is 8.69. The van der Waals surface area contributed by atoms with E-state index in [9.17, 15) is 19.7 Å². The number of cyclic esters (lactones) is 1. The van der Waals surface area contributed by atoms with Gasteiger partial charge in [0.05, 0.1) is 18.6 Å². The van der Waals surface area contributed by atoms with E-state index in [0.29, 0.717) is 30.3 Å². The maximum atomic E-state index is 12.2. The van der Waals surface area contributed by atoms with Crippen LogP contribution in [0.5, 0.6) is 5.75 Å². The second kappa shape index (κ2) is 10.1. The molecule has 0 saturated carbocycles. The molecule has 10 heteroatoms. The topological polar surface area (TPSA) is 137 Å². The molecule has 0 aromatic heterocycles. The minimum absolute atomic E-state index is 0.0297. The minimum Gasteiger partial charge on any atom is -0.496 e. The van der Waals surface area contributed by atoms with Gasteiger partial charge < -0.3 is 19.7 Å². The molecule has 4 rings (SSSR count). The second-order valence-corrected chi connectivity index (χ2v) is 8.69. The van der Waals surface area contributed by atoms with Crippen molar-refractivity contribution in [1.82, 2.24) is 5.32 Å². The van der Waals surface area contributed by atoms with E-state index in [4.69, 9.17) is 15.2 Å². The Morgan fingerprint density at radius 1 is 1.29 bits per heavy atom. The Labute approximate surface area is 202 Å². The number of anilines is 1. The molecule has 0 unspecified atom stereocenters. The van der Waals surface area contributed by atoms with Gasteiger partial charge in [-0.1, -0.05) is 24.3 Å². The van der Waals surface area contributed by atoms with E-state index in [1.807, 2.05) is 23.1 Å². The monoisotopic (exact) mass is 480 g/mol. The SMILES string of the molecule is COc1ccccc1C1CCN(c2ccc(/C=C/C(=O)N[C@@]3(N)CCOC3=O)cc2[N+](=O)[O-])CC1. The number of nitro benzene ring substituents is 1. The molecule has 2 aromatic carbocycles. The van der Waals surface area contributed by atoms with Crippen molar-refractivity contribution in [2.75, 3.05) is 31.7 Å². The van der Waals surface area contributed by atoms with Crippen LogP contribution in [0.3, 0.4) is 0 Å². The number of hydrogen-bond acceptors (Lipinski definition) is 8. The highest BCUT2D eigenvalue weighted by molar-refractivity contribution is 5.96. The van der Waals surface area contributed by atoms with Crippen LogP contribution in [0.1, 0.15) is 36.3 Å². The average molecular weight is 481 g/mol. The third-order valence-corrected chi connectivity index (χ3v) is 6.48. The minimum atomic E-state index is -1.55. The van der Waals surface area contributed by atoms with E-state index in [2.05, 4.69) is 11.4 Å². The van der Waals surface area contributed by atoms with E-state index < -0.39 is 22.5 Å². The Morgan fingerprint density at radius 2 is 2.03 bits per heavy atom. The van der Waals surface area contributed by atoms with Crippen LogP contribution in [0.2, 0.25) is 0 Å². The first kappa shape index (κ1) is 24.2. The van der Waals surface area contributed by atoms with Gasteiger partial charge in [-0.15, -0.1) is 0 Å². The number of para-hydroxylation sites is 1. The Morgan fingerprint density at radius 3 is 2.69 bits per heavy atom. The summed E-state index contributed by atoms with van der Waals surface area (Å²) in [7, 11) is 1.66. The van der Waals surface area contributed by atoms with Crippen molar-refractivity contribution in [2.24, 2.45) is 5.73 Å². The maximum Gasteiger partial charge on any atom is 0.347 e. The van der Waals surface area contributed by atoms with Crippen LogP contribution in [-0.2, 0) is 14.3 Å². The van der Waals surface area contributed by atoms with E-state index in [1.54, 1.807) is 19.2 Å². The highest BCUT2D eigenvalue weighted by atomic mass is 16.6. The molecule has 0 spiro atoms. The largest absolute Gasteiger partial charge is 0.496 e. The lowest BCUT2D eigenvalue weighted by atomic mass is 9.88. The van der Waals surface area contributed by atoms with Gasteiger partial charge >= 0.3 is 5.97 Å². The summed E-state index contributed by atoms with van der Waals surface area (Å²) < 4.78 is 10.3. The highest BCUT2D eigenvalue weighted by Crippen LogP contribution is 2.38. The molecule has 1 amide bonds. The molecule has 0 radical (unpaired) electrons. The summed E-state index contributed by atoms with van der Waals surface area (Å²) >= 11 is 0. The fraction of sp³-hybridized carbons (Fsp3) is 0.360. The lowest BCUT2D eigenvalue weighted by Gasteiger charge is -2.34. The number of hydrogen-bond donors (Lipinski definition) is 2. The van der Waals surface area contributed by atoms with Gasteiger partial charge in [0.15, 0.2) is 5.66 Å². The number of esters is 1. The normalized spacial score (nSPS) is 20.6. The zero-order valence-corrected chi connectivity index (χ0v) is 19.4. The molecule has 10 nitrogen and oxygen atoms in total. The standard InChI is InChI=1S/C25H28N4O6/c1-34-22-5-3-2-4-19(22)18-10-13-28(14-11-18)20-8-6-17(16-21(20)29(32)33)7-9-23(30)27-25(26)12-15-35-24(25)31/h2-9,16,18H,10-15,26H2,1H3,(H,27,30)/b9-7+/t25-/m0/s1. The van der Waals surface area contributed by atoms with Crippen LogP contribution in [0.4, 0.5) is 11.4 Å². The van der Waals surface area contributed by atoms with Crippen molar-refractivity contribution < 1.29 is 24.0 Å². The van der Waals surface area contributed by atoms with Crippen LogP contribution >= 0.6 is 0 Å². The van der Waals surface area contributed by atoms with E-state index >= 15 is 0 Å². The van der Waals surface area contributed by atoms with E-state index in [0.717, 1.165) is 24.2 Å².